The molecule has 114 valence electrons. The van der Waals surface area contributed by atoms with E-state index in [-0.39, 0.29) is 17.7 Å². The van der Waals surface area contributed by atoms with Gasteiger partial charge in [0.2, 0.25) is 0 Å². The standard InChI is InChI=1S/C18H18FNO2/c1-20(16-9-7-12-5-3-4-6-14(12)16)18(21)13-8-10-17(22-2)15(19)11-13/h3-6,8,10-11,16H,7,9H2,1-2H3/t16-/m0/s1. The lowest BCUT2D eigenvalue weighted by molar-refractivity contribution is 0.0730. The Morgan fingerprint density at radius 1 is 1.27 bits per heavy atom. The number of ether oxygens (including phenoxy) is 1. The maximum atomic E-state index is 13.8. The number of aryl methyl sites for hydroxylation is 1. The Bertz CT molecular complexity index is 714. The van der Waals surface area contributed by atoms with E-state index in [0.29, 0.717) is 5.56 Å². The minimum atomic E-state index is -0.520. The lowest BCUT2D eigenvalue weighted by atomic mass is 10.1. The number of carbonyl (C=O) groups excluding carboxylic acids is 1. The predicted molar refractivity (Wildman–Crippen MR) is 82.5 cm³/mol. The highest BCUT2D eigenvalue weighted by Gasteiger charge is 2.29. The third kappa shape index (κ3) is 2.45. The molecule has 0 aliphatic heterocycles. The van der Waals surface area contributed by atoms with Crippen molar-refractivity contribution in [3.8, 4) is 5.75 Å². The van der Waals surface area contributed by atoms with E-state index in [0.717, 1.165) is 12.8 Å². The van der Waals surface area contributed by atoms with Crippen molar-refractivity contribution in [3.63, 3.8) is 0 Å². The Hall–Kier alpha value is -2.36. The maximum Gasteiger partial charge on any atom is 0.254 e. The Labute approximate surface area is 129 Å². The summed E-state index contributed by atoms with van der Waals surface area (Å²) in [5.74, 6) is -0.553. The van der Waals surface area contributed by atoms with Gasteiger partial charge in [0.15, 0.2) is 11.6 Å². The van der Waals surface area contributed by atoms with Crippen molar-refractivity contribution in [3.05, 3.63) is 65.0 Å². The first-order valence-corrected chi connectivity index (χ1v) is 7.30. The molecular weight excluding hydrogens is 281 g/mol. The van der Waals surface area contributed by atoms with Gasteiger partial charge in [-0.15, -0.1) is 0 Å². The van der Waals surface area contributed by atoms with Crippen LogP contribution in [0, 0.1) is 5.82 Å². The van der Waals surface area contributed by atoms with Crippen LogP contribution in [0.3, 0.4) is 0 Å². The first kappa shape index (κ1) is 14.6. The molecule has 0 fully saturated rings. The van der Waals surface area contributed by atoms with Gasteiger partial charge in [0, 0.05) is 12.6 Å². The molecule has 3 rings (SSSR count). The van der Waals surface area contributed by atoms with Gasteiger partial charge in [-0.05, 0) is 42.2 Å². The van der Waals surface area contributed by atoms with Crippen molar-refractivity contribution in [1.29, 1.82) is 0 Å². The Kier molecular flexibility index (Phi) is 3.84. The van der Waals surface area contributed by atoms with Gasteiger partial charge in [-0.25, -0.2) is 4.39 Å². The van der Waals surface area contributed by atoms with Crippen LogP contribution in [0.15, 0.2) is 42.5 Å². The molecule has 0 heterocycles. The highest BCUT2D eigenvalue weighted by atomic mass is 19.1. The zero-order chi connectivity index (χ0) is 15.7. The molecule has 0 aromatic heterocycles. The molecule has 0 saturated heterocycles. The molecule has 3 nitrogen and oxygen atoms in total. The summed E-state index contributed by atoms with van der Waals surface area (Å²) in [4.78, 5) is 14.3. The summed E-state index contributed by atoms with van der Waals surface area (Å²) in [7, 11) is 3.18. The van der Waals surface area contributed by atoms with Crippen LogP contribution in [0.5, 0.6) is 5.75 Å². The van der Waals surface area contributed by atoms with Crippen LogP contribution >= 0.6 is 0 Å². The third-order valence-electron chi connectivity index (χ3n) is 4.29. The first-order chi connectivity index (χ1) is 10.6. The summed E-state index contributed by atoms with van der Waals surface area (Å²) < 4.78 is 18.7. The molecule has 2 aromatic rings. The fourth-order valence-electron chi connectivity index (χ4n) is 3.08. The number of methoxy groups -OCH3 is 1. The van der Waals surface area contributed by atoms with Crippen LogP contribution in [-0.2, 0) is 6.42 Å². The Balaban J connectivity index is 1.85. The molecule has 1 amide bonds. The van der Waals surface area contributed by atoms with Crippen molar-refractivity contribution in [1.82, 2.24) is 4.90 Å². The molecule has 0 bridgehead atoms. The van der Waals surface area contributed by atoms with Crippen LogP contribution in [-0.4, -0.2) is 25.0 Å². The van der Waals surface area contributed by atoms with Crippen LogP contribution < -0.4 is 4.74 Å². The summed E-state index contributed by atoms with van der Waals surface area (Å²) in [6.07, 6.45) is 1.87. The molecule has 1 aliphatic carbocycles. The number of hydrogen-bond donors (Lipinski definition) is 0. The van der Waals surface area contributed by atoms with Crippen LogP contribution in [0.4, 0.5) is 4.39 Å². The lowest BCUT2D eigenvalue weighted by Crippen LogP contribution is -2.30. The number of benzene rings is 2. The monoisotopic (exact) mass is 299 g/mol. The van der Waals surface area contributed by atoms with Gasteiger partial charge in [-0.3, -0.25) is 4.79 Å². The van der Waals surface area contributed by atoms with Gasteiger partial charge >= 0.3 is 0 Å². The summed E-state index contributed by atoms with van der Waals surface area (Å²) in [6, 6.07) is 12.5. The molecule has 0 saturated carbocycles. The molecule has 2 aromatic carbocycles. The third-order valence-corrected chi connectivity index (χ3v) is 4.29. The van der Waals surface area contributed by atoms with E-state index < -0.39 is 5.82 Å². The largest absolute Gasteiger partial charge is 0.494 e. The van der Waals surface area contributed by atoms with Crippen molar-refractivity contribution in [2.45, 2.75) is 18.9 Å². The number of carbonyl (C=O) groups is 1. The van der Waals surface area contributed by atoms with E-state index in [1.165, 1.54) is 30.4 Å². The number of rotatable bonds is 3. The first-order valence-electron chi connectivity index (χ1n) is 7.30. The molecule has 22 heavy (non-hydrogen) atoms. The van der Waals surface area contributed by atoms with Gasteiger partial charge in [0.25, 0.3) is 5.91 Å². The van der Waals surface area contributed by atoms with Crippen LogP contribution in [0.25, 0.3) is 0 Å². The Morgan fingerprint density at radius 3 is 2.77 bits per heavy atom. The zero-order valence-electron chi connectivity index (χ0n) is 12.7. The summed E-state index contributed by atoms with van der Waals surface area (Å²) in [5, 5.41) is 0. The minimum absolute atomic E-state index is 0.0499. The van der Waals surface area contributed by atoms with Gasteiger partial charge in [0.1, 0.15) is 0 Å². The highest BCUT2D eigenvalue weighted by molar-refractivity contribution is 5.94. The molecule has 1 atom stereocenters. The highest BCUT2D eigenvalue weighted by Crippen LogP contribution is 2.35. The van der Waals surface area contributed by atoms with E-state index in [1.807, 2.05) is 12.1 Å². The molecule has 1 aliphatic rings. The topological polar surface area (TPSA) is 29.5 Å². The summed E-state index contributed by atoms with van der Waals surface area (Å²) in [6.45, 7) is 0. The minimum Gasteiger partial charge on any atom is -0.494 e. The van der Waals surface area contributed by atoms with E-state index in [1.54, 1.807) is 18.0 Å². The number of nitrogens with zero attached hydrogens (tertiary/aromatic N) is 1. The van der Waals surface area contributed by atoms with Crippen LogP contribution in [0.1, 0.15) is 33.9 Å². The molecule has 0 spiro atoms. The van der Waals surface area contributed by atoms with Gasteiger partial charge in [-0.2, -0.15) is 0 Å². The van der Waals surface area contributed by atoms with E-state index in [9.17, 15) is 9.18 Å². The Morgan fingerprint density at radius 2 is 2.05 bits per heavy atom. The van der Waals surface area contributed by atoms with Crippen molar-refractivity contribution in [2.24, 2.45) is 0 Å². The zero-order valence-corrected chi connectivity index (χ0v) is 12.7. The fraction of sp³-hybridized carbons (Fsp3) is 0.278. The van der Waals surface area contributed by atoms with Crippen molar-refractivity contribution < 1.29 is 13.9 Å². The molecular formula is C18H18FNO2. The fourth-order valence-corrected chi connectivity index (χ4v) is 3.08. The lowest BCUT2D eigenvalue weighted by Gasteiger charge is -2.25. The number of fused-ring (bicyclic) bond motifs is 1. The van der Waals surface area contributed by atoms with E-state index >= 15 is 0 Å². The smallest absolute Gasteiger partial charge is 0.254 e. The maximum absolute atomic E-state index is 13.8. The predicted octanol–water partition coefficient (Wildman–Crippen LogP) is 3.59. The average Bonchev–Trinajstić information content (AvgIpc) is 2.97. The van der Waals surface area contributed by atoms with Gasteiger partial charge < -0.3 is 9.64 Å². The summed E-state index contributed by atoms with van der Waals surface area (Å²) in [5.41, 5.74) is 2.81. The van der Waals surface area contributed by atoms with Gasteiger partial charge in [0.05, 0.1) is 13.2 Å². The molecule has 4 heteroatoms. The van der Waals surface area contributed by atoms with Crippen LogP contribution in [0.2, 0.25) is 0 Å². The average molecular weight is 299 g/mol. The second kappa shape index (κ2) is 5.79. The van der Waals surface area contributed by atoms with E-state index in [2.05, 4.69) is 12.1 Å². The normalized spacial score (nSPS) is 16.2. The van der Waals surface area contributed by atoms with Gasteiger partial charge in [-0.1, -0.05) is 24.3 Å². The quantitative estimate of drug-likeness (QED) is 0.866. The SMILES string of the molecule is COc1ccc(C(=O)N(C)[C@H]2CCc3ccccc32)cc1F. The number of amides is 1. The molecule has 0 radical (unpaired) electrons. The second-order valence-corrected chi connectivity index (χ2v) is 5.52. The molecule has 0 N–H and O–H groups in total. The number of halogens is 1. The molecule has 0 unspecified atom stereocenters. The second-order valence-electron chi connectivity index (χ2n) is 5.52. The van der Waals surface area contributed by atoms with E-state index in [4.69, 9.17) is 4.74 Å². The van der Waals surface area contributed by atoms with Crippen molar-refractivity contribution >= 4 is 5.91 Å². The number of hydrogen-bond acceptors (Lipinski definition) is 2. The summed E-state index contributed by atoms with van der Waals surface area (Å²) >= 11 is 0. The van der Waals surface area contributed by atoms with Crippen molar-refractivity contribution in [2.75, 3.05) is 14.2 Å².